The van der Waals surface area contributed by atoms with Crippen LogP contribution in [0.5, 0.6) is 0 Å². The lowest BCUT2D eigenvalue weighted by Crippen LogP contribution is -2.16. The Morgan fingerprint density at radius 1 is 1.26 bits per heavy atom. The fourth-order valence-corrected chi connectivity index (χ4v) is 4.83. The zero-order valence-electron chi connectivity index (χ0n) is 14.1. The molecule has 0 aliphatic carbocycles. The number of hydrogen-bond acceptors (Lipinski definition) is 4. The Labute approximate surface area is 170 Å². The van der Waals surface area contributed by atoms with E-state index in [1.54, 1.807) is 22.8 Å². The maximum absolute atomic E-state index is 12.6. The standard InChI is InChI=1S/C18H14Cl2N2O3S2/c1-3-9-22-15-13(19)7-8-14(20)16(15)26-18(22)21-17(23)11-5-4-6-12(10-11)27(2,24)25/h3-8,10H,1,9H2,2H3. The molecule has 0 N–H and O–H groups in total. The van der Waals surface area contributed by atoms with E-state index < -0.39 is 15.7 Å². The molecule has 0 bridgehead atoms. The molecule has 0 unspecified atom stereocenters. The van der Waals surface area contributed by atoms with Gasteiger partial charge in [-0.05, 0) is 30.3 Å². The molecular weight excluding hydrogens is 427 g/mol. The van der Waals surface area contributed by atoms with Crippen LogP contribution in [0.3, 0.4) is 0 Å². The zero-order valence-corrected chi connectivity index (χ0v) is 17.3. The van der Waals surface area contributed by atoms with Crippen molar-refractivity contribution < 1.29 is 13.2 Å². The summed E-state index contributed by atoms with van der Waals surface area (Å²) in [5.41, 5.74) is 0.850. The Morgan fingerprint density at radius 2 is 1.96 bits per heavy atom. The molecule has 5 nitrogen and oxygen atoms in total. The molecule has 0 atom stereocenters. The lowest BCUT2D eigenvalue weighted by Gasteiger charge is -2.03. The molecule has 9 heteroatoms. The molecule has 2 aromatic carbocycles. The van der Waals surface area contributed by atoms with Crippen LogP contribution in [0.25, 0.3) is 10.2 Å². The molecule has 1 amide bonds. The molecule has 1 aromatic heterocycles. The van der Waals surface area contributed by atoms with Crippen molar-refractivity contribution in [3.63, 3.8) is 0 Å². The minimum Gasteiger partial charge on any atom is -0.311 e. The first-order valence-electron chi connectivity index (χ1n) is 7.70. The SMILES string of the molecule is C=CCn1c(=NC(=O)c2cccc(S(C)(=O)=O)c2)sc2c(Cl)ccc(Cl)c21. The van der Waals surface area contributed by atoms with Gasteiger partial charge in [0.15, 0.2) is 14.6 Å². The third kappa shape index (κ3) is 4.01. The fraction of sp³-hybridized carbons (Fsp3) is 0.111. The topological polar surface area (TPSA) is 68.5 Å². The van der Waals surface area contributed by atoms with Crippen LogP contribution in [0.15, 0.2) is 58.9 Å². The van der Waals surface area contributed by atoms with E-state index in [9.17, 15) is 13.2 Å². The van der Waals surface area contributed by atoms with E-state index in [0.29, 0.717) is 31.6 Å². The lowest BCUT2D eigenvalue weighted by atomic mass is 10.2. The monoisotopic (exact) mass is 440 g/mol. The highest BCUT2D eigenvalue weighted by atomic mass is 35.5. The highest BCUT2D eigenvalue weighted by molar-refractivity contribution is 7.90. The van der Waals surface area contributed by atoms with Crippen LogP contribution in [0, 0.1) is 0 Å². The van der Waals surface area contributed by atoms with E-state index >= 15 is 0 Å². The summed E-state index contributed by atoms with van der Waals surface area (Å²) in [4.78, 5) is 17.3. The van der Waals surface area contributed by atoms with Gasteiger partial charge in [0.05, 0.1) is 25.2 Å². The van der Waals surface area contributed by atoms with Gasteiger partial charge in [0, 0.05) is 18.4 Å². The number of carbonyl (C=O) groups excluding carboxylic acids is 1. The third-order valence-corrected chi connectivity index (χ3v) is 6.70. The second-order valence-corrected chi connectivity index (χ2v) is 9.52. The zero-order chi connectivity index (χ0) is 19.8. The number of aromatic nitrogens is 1. The van der Waals surface area contributed by atoms with Gasteiger partial charge in [-0.15, -0.1) is 6.58 Å². The average molecular weight is 441 g/mol. The van der Waals surface area contributed by atoms with Crippen molar-refractivity contribution in [1.82, 2.24) is 4.57 Å². The molecular formula is C18H14Cl2N2O3S2. The van der Waals surface area contributed by atoms with E-state index in [1.807, 2.05) is 0 Å². The molecule has 0 saturated heterocycles. The predicted molar refractivity (Wildman–Crippen MR) is 109 cm³/mol. The van der Waals surface area contributed by atoms with Crippen LogP contribution in [-0.2, 0) is 16.4 Å². The van der Waals surface area contributed by atoms with Crippen LogP contribution in [0.1, 0.15) is 10.4 Å². The summed E-state index contributed by atoms with van der Waals surface area (Å²) in [6.45, 7) is 4.11. The maximum atomic E-state index is 12.6. The van der Waals surface area contributed by atoms with Gasteiger partial charge in [-0.3, -0.25) is 4.79 Å². The summed E-state index contributed by atoms with van der Waals surface area (Å²) in [5.74, 6) is -0.558. The summed E-state index contributed by atoms with van der Waals surface area (Å²) in [6, 6.07) is 9.14. The molecule has 0 radical (unpaired) electrons. The van der Waals surface area contributed by atoms with Gasteiger partial charge in [-0.25, -0.2) is 8.42 Å². The van der Waals surface area contributed by atoms with Crippen molar-refractivity contribution in [2.75, 3.05) is 6.26 Å². The Balaban J connectivity index is 2.20. The average Bonchev–Trinajstić information content (AvgIpc) is 2.97. The van der Waals surface area contributed by atoms with Crippen molar-refractivity contribution in [2.24, 2.45) is 4.99 Å². The van der Waals surface area contributed by atoms with Gasteiger partial charge in [0.25, 0.3) is 5.91 Å². The Morgan fingerprint density at radius 3 is 2.63 bits per heavy atom. The molecule has 0 aliphatic heterocycles. The number of allylic oxidation sites excluding steroid dienone is 1. The van der Waals surface area contributed by atoms with E-state index in [0.717, 1.165) is 6.26 Å². The summed E-state index contributed by atoms with van der Waals surface area (Å²) in [6.07, 6.45) is 2.75. The lowest BCUT2D eigenvalue weighted by molar-refractivity contribution is 0.0997. The Kier molecular flexibility index (Phi) is 5.58. The number of benzene rings is 2. The van der Waals surface area contributed by atoms with Gasteiger partial charge in [0.1, 0.15) is 0 Å². The maximum Gasteiger partial charge on any atom is 0.279 e. The third-order valence-electron chi connectivity index (χ3n) is 3.75. The fourth-order valence-electron chi connectivity index (χ4n) is 2.51. The van der Waals surface area contributed by atoms with E-state index in [-0.39, 0.29) is 10.5 Å². The molecule has 0 spiro atoms. The normalized spacial score (nSPS) is 12.5. The number of nitrogens with zero attached hydrogens (tertiary/aromatic N) is 2. The number of carbonyl (C=O) groups is 1. The van der Waals surface area contributed by atoms with E-state index in [1.165, 1.54) is 35.6 Å². The molecule has 27 heavy (non-hydrogen) atoms. The molecule has 140 valence electrons. The summed E-state index contributed by atoms with van der Waals surface area (Å²) in [5, 5.41) is 0.991. The number of rotatable bonds is 4. The summed E-state index contributed by atoms with van der Waals surface area (Å²) in [7, 11) is -3.42. The molecule has 0 saturated carbocycles. The smallest absolute Gasteiger partial charge is 0.279 e. The molecule has 0 fully saturated rings. The molecule has 0 aliphatic rings. The van der Waals surface area contributed by atoms with Crippen molar-refractivity contribution in [2.45, 2.75) is 11.4 Å². The van der Waals surface area contributed by atoms with Gasteiger partial charge < -0.3 is 4.57 Å². The van der Waals surface area contributed by atoms with Gasteiger partial charge in [-0.1, -0.05) is 46.7 Å². The number of fused-ring (bicyclic) bond motifs is 1. The number of hydrogen-bond donors (Lipinski definition) is 0. The van der Waals surface area contributed by atoms with E-state index in [4.69, 9.17) is 23.2 Å². The van der Waals surface area contributed by atoms with Crippen molar-refractivity contribution in [3.8, 4) is 0 Å². The van der Waals surface area contributed by atoms with E-state index in [2.05, 4.69) is 11.6 Å². The van der Waals surface area contributed by atoms with Crippen LogP contribution >= 0.6 is 34.5 Å². The molecule has 3 aromatic rings. The predicted octanol–water partition coefficient (Wildman–Crippen LogP) is 4.34. The minimum absolute atomic E-state index is 0.0601. The first-order chi connectivity index (χ1) is 12.7. The highest BCUT2D eigenvalue weighted by Crippen LogP contribution is 2.31. The highest BCUT2D eigenvalue weighted by Gasteiger charge is 2.15. The van der Waals surface area contributed by atoms with Crippen molar-refractivity contribution in [1.29, 1.82) is 0 Å². The number of thiazole rings is 1. The number of halogens is 2. The Hall–Kier alpha value is -1.93. The van der Waals surface area contributed by atoms with Gasteiger partial charge >= 0.3 is 0 Å². The van der Waals surface area contributed by atoms with Crippen molar-refractivity contribution in [3.05, 3.63) is 69.5 Å². The summed E-state index contributed by atoms with van der Waals surface area (Å²) >= 11 is 13.8. The van der Waals surface area contributed by atoms with Crippen LogP contribution in [-0.4, -0.2) is 25.1 Å². The van der Waals surface area contributed by atoms with Crippen LogP contribution in [0.2, 0.25) is 10.0 Å². The first kappa shape index (κ1) is 19.8. The minimum atomic E-state index is -3.42. The van der Waals surface area contributed by atoms with Gasteiger partial charge in [-0.2, -0.15) is 4.99 Å². The number of amides is 1. The second-order valence-electron chi connectivity index (χ2n) is 5.71. The second kappa shape index (κ2) is 7.59. The van der Waals surface area contributed by atoms with Crippen LogP contribution < -0.4 is 4.80 Å². The summed E-state index contributed by atoms with van der Waals surface area (Å²) < 4.78 is 25.9. The Bertz CT molecular complexity index is 1240. The molecule has 3 rings (SSSR count). The van der Waals surface area contributed by atoms with Crippen molar-refractivity contribution >= 4 is 60.5 Å². The number of sulfone groups is 1. The largest absolute Gasteiger partial charge is 0.311 e. The van der Waals surface area contributed by atoms with Crippen LogP contribution in [0.4, 0.5) is 0 Å². The van der Waals surface area contributed by atoms with Gasteiger partial charge in [0.2, 0.25) is 0 Å². The first-order valence-corrected chi connectivity index (χ1v) is 11.2. The molecule has 1 heterocycles. The quantitative estimate of drug-likeness (QED) is 0.566.